The maximum Gasteiger partial charge on any atom is 0.338 e. The molecule has 6 aliphatic rings. The molecule has 0 aliphatic carbocycles. The fourth-order valence-electron chi connectivity index (χ4n) is 18.4. The second-order valence-corrected chi connectivity index (χ2v) is 43.7. The standard InChI is InChI=1S/C39H47ClFN5O3S.C28H35FN4.C11H13Cl2NO4S.C7H3Cl3O4S.C4H11N.2ClH/c1-26-42-35-10-5-6-11-36(35)46(26)31-23-29-12-13-30(24-31)45(29)21-18-39(27-8-7-9-28(41)22-27)16-19-44(20-17-39)37(47)33-25-32(14-15-34(33)40)50(48,49)43-38(2,3)4;1-20-31-26-7-2-3-8-27(26)33(20)25-18-23-9-10-24(19-25)32(23)16-13-28(11-14-30-15-12-28)21-5-4-6-22(29)17-21;1-11(2,3)14-19(17,18)7-5-4-6(12)8(9(7)13)10(15)16;8-3-1-2-4(15(10,13)14)6(9)5(3)7(11)12;1-4(2,3)5;;/h5-11,14-15,22,25,29-31,43H,12-13,16-21,23-24H2,1-4H3;2-8,17,23-25,30H,9-16,18-19H2,1H3;4-5,14H,1-3H3,(H,15,16);1-2H,(H,11,12);5H2,1-3H3;2*1H. The van der Waals surface area contributed by atoms with Crippen molar-refractivity contribution < 1.29 is 58.6 Å². The third-order valence-corrected chi connectivity index (χ3v) is 30.5. The van der Waals surface area contributed by atoms with Gasteiger partial charge >= 0.3 is 11.9 Å². The average molecular weight is 1930 g/mol. The van der Waals surface area contributed by atoms with Crippen LogP contribution in [-0.4, -0.2) is 167 Å². The second-order valence-electron chi connectivity index (χ2n) is 35.9. The molecular formula is C89H111Cl8F2N11O11S3. The van der Waals surface area contributed by atoms with Crippen LogP contribution in [0.2, 0.25) is 25.1 Å². The molecule has 4 unspecified atom stereocenters. The summed E-state index contributed by atoms with van der Waals surface area (Å²) < 4.78 is 111. The summed E-state index contributed by atoms with van der Waals surface area (Å²) in [6.45, 7) is 25.5. The van der Waals surface area contributed by atoms with Crippen molar-refractivity contribution in [3.05, 3.63) is 216 Å². The van der Waals surface area contributed by atoms with Gasteiger partial charge in [-0.3, -0.25) is 14.6 Å². The molecule has 4 atom stereocenters. The van der Waals surface area contributed by atoms with Crippen molar-refractivity contribution in [3.8, 4) is 0 Å². The molecule has 7 N–H and O–H groups in total. The highest BCUT2D eigenvalue weighted by molar-refractivity contribution is 8.13. The third-order valence-electron chi connectivity index (χ3n) is 23.6. The van der Waals surface area contributed by atoms with E-state index in [1.54, 1.807) is 70.7 Å². The molecule has 1 amide bonds. The molecule has 8 heterocycles. The van der Waals surface area contributed by atoms with Crippen molar-refractivity contribution in [1.82, 2.24) is 48.6 Å². The van der Waals surface area contributed by atoms with Crippen LogP contribution in [0, 0.1) is 25.5 Å². The molecule has 676 valence electrons. The Morgan fingerprint density at radius 3 is 1.29 bits per heavy atom. The number of benzene rings is 7. The number of aromatic nitrogens is 4. The van der Waals surface area contributed by atoms with Crippen molar-refractivity contribution in [2.45, 2.75) is 244 Å². The van der Waals surface area contributed by atoms with E-state index in [9.17, 15) is 48.4 Å². The zero-order valence-corrected chi connectivity index (χ0v) is 79.8. The summed E-state index contributed by atoms with van der Waals surface area (Å²) in [6, 6.07) is 43.4. The number of halogens is 10. The van der Waals surface area contributed by atoms with E-state index < -0.39 is 78.2 Å². The Morgan fingerprint density at radius 2 is 0.895 bits per heavy atom. The number of fused-ring (bicyclic) bond motifs is 6. The van der Waals surface area contributed by atoms with Gasteiger partial charge in [0.15, 0.2) is 0 Å². The number of imidazole rings is 2. The summed E-state index contributed by atoms with van der Waals surface area (Å²) >= 11 is 29.1. The first-order valence-electron chi connectivity index (χ1n) is 41.0. The zero-order valence-electron chi connectivity index (χ0n) is 71.2. The SMILES string of the molecule is CC(C)(C)N.CC(C)(C)NS(=O)(=O)c1ccc(Cl)c(C(=O)O)c1Cl.Cc1nc2ccccc2n1C1CC2CCC(C1)N2CCC1(c2cccc(F)c2)CCN(C(=O)c2cc(S(=O)(=O)NC(C)(C)C)ccc2Cl)CC1.Cc1nc2ccccc2n1C1CC2CCC(C1)N2CCC1(c2cccc(F)c2)CCNCC1.Cl.Cl.O=C(O)c1c(Cl)ccc(S(=O)(=O)Cl)c1Cl. The first-order valence-corrected chi connectivity index (χ1v) is 48.2. The lowest BCUT2D eigenvalue weighted by Gasteiger charge is -2.45. The van der Waals surface area contributed by atoms with Crippen molar-refractivity contribution in [1.29, 1.82) is 0 Å². The van der Waals surface area contributed by atoms with Gasteiger partial charge in [0.05, 0.1) is 68.8 Å². The first-order chi connectivity index (χ1) is 57.1. The van der Waals surface area contributed by atoms with E-state index in [1.807, 2.05) is 39.0 Å². The first kappa shape index (κ1) is 101. The number of nitrogens with two attached hydrogens (primary N) is 1. The number of rotatable bonds is 18. The second kappa shape index (κ2) is 41.2. The summed E-state index contributed by atoms with van der Waals surface area (Å²) in [6.07, 6.45) is 15.1. The van der Waals surface area contributed by atoms with Gasteiger partial charge in [-0.25, -0.2) is 63.0 Å². The number of carboxylic acids is 2. The van der Waals surface area contributed by atoms with Crippen LogP contribution in [0.15, 0.2) is 154 Å². The van der Waals surface area contributed by atoms with Gasteiger partial charge in [-0.15, -0.1) is 24.8 Å². The fraction of sp³-hybridized carbons (Fsp3) is 0.472. The predicted molar refractivity (Wildman–Crippen MR) is 495 cm³/mol. The molecule has 9 aromatic rings. The smallest absolute Gasteiger partial charge is 0.338 e. The van der Waals surface area contributed by atoms with Crippen LogP contribution in [0.4, 0.5) is 8.78 Å². The summed E-state index contributed by atoms with van der Waals surface area (Å²) in [5.74, 6) is -1.24. The van der Waals surface area contributed by atoms with Crippen LogP contribution in [0.3, 0.4) is 0 Å². The van der Waals surface area contributed by atoms with E-state index in [0.717, 1.165) is 105 Å². The Hall–Kier alpha value is -6.32. The number of piperidine rings is 4. The van der Waals surface area contributed by atoms with E-state index >= 15 is 0 Å². The lowest BCUT2D eigenvalue weighted by Crippen LogP contribution is -2.49. The molecule has 6 aliphatic heterocycles. The Labute approximate surface area is 768 Å². The van der Waals surface area contributed by atoms with E-state index in [0.29, 0.717) is 62.2 Å². The highest BCUT2D eigenvalue weighted by atomic mass is 35.7. The molecule has 2 aromatic heterocycles. The molecule has 15 rings (SSSR count). The minimum Gasteiger partial charge on any atom is -0.478 e. The number of amides is 1. The number of sulfonamides is 2. The molecule has 22 nitrogen and oxygen atoms in total. The number of hydrogen-bond donors (Lipinski definition) is 6. The van der Waals surface area contributed by atoms with Crippen LogP contribution in [0.5, 0.6) is 0 Å². The summed E-state index contributed by atoms with van der Waals surface area (Å²) in [5.41, 5.74) is 9.86. The van der Waals surface area contributed by atoms with Gasteiger partial charge in [0.2, 0.25) is 20.0 Å². The van der Waals surface area contributed by atoms with Crippen molar-refractivity contribution in [3.63, 3.8) is 0 Å². The van der Waals surface area contributed by atoms with Crippen LogP contribution < -0.4 is 20.5 Å². The van der Waals surface area contributed by atoms with E-state index in [4.69, 9.17) is 94.6 Å². The summed E-state index contributed by atoms with van der Waals surface area (Å²) in [5, 5.41) is 20.3. The maximum atomic E-state index is 14.7. The van der Waals surface area contributed by atoms with Crippen LogP contribution in [0.25, 0.3) is 22.1 Å². The fourth-order valence-corrected chi connectivity index (χ4v) is 24.3. The number of carbonyl (C=O) groups excluding carboxylic acids is 1. The predicted octanol–water partition coefficient (Wildman–Crippen LogP) is 20.0. The van der Waals surface area contributed by atoms with Gasteiger partial charge in [-0.1, -0.05) is 107 Å². The van der Waals surface area contributed by atoms with Gasteiger partial charge in [0.1, 0.15) is 33.1 Å². The monoisotopic (exact) mass is 1920 g/mol. The van der Waals surface area contributed by atoms with Crippen LogP contribution in [-0.2, 0) is 39.9 Å². The number of hydrogen-bond acceptors (Lipinski definition) is 15. The highest BCUT2D eigenvalue weighted by Gasteiger charge is 2.47. The molecule has 0 radical (unpaired) electrons. The quantitative estimate of drug-likeness (QED) is 0.0435. The number of aryl methyl sites for hydroxylation is 2. The molecule has 6 fully saturated rings. The number of nitrogens with one attached hydrogen (secondary N) is 3. The van der Waals surface area contributed by atoms with Crippen LogP contribution in [0.1, 0.15) is 218 Å². The number of aromatic carboxylic acids is 2. The molecule has 4 bridgehead atoms. The molecule has 7 aromatic carbocycles. The van der Waals surface area contributed by atoms with Crippen LogP contribution >= 0.6 is 93.5 Å². The van der Waals surface area contributed by atoms with Gasteiger partial charge in [-0.2, -0.15) is 0 Å². The maximum absolute atomic E-state index is 14.7. The number of carbonyl (C=O) groups is 3. The van der Waals surface area contributed by atoms with Crippen molar-refractivity contribution in [2.75, 3.05) is 39.3 Å². The highest BCUT2D eigenvalue weighted by Crippen LogP contribution is 2.48. The van der Waals surface area contributed by atoms with E-state index in [-0.39, 0.29) is 89.1 Å². The van der Waals surface area contributed by atoms with E-state index in [2.05, 4.69) is 96.1 Å². The zero-order chi connectivity index (χ0) is 89.1. The van der Waals surface area contributed by atoms with Gasteiger partial charge in [0, 0.05) is 76.6 Å². The van der Waals surface area contributed by atoms with Crippen molar-refractivity contribution in [2.24, 2.45) is 5.73 Å². The molecule has 124 heavy (non-hydrogen) atoms. The number of carboxylic acid groups (broad SMARTS) is 2. The molecule has 6 saturated heterocycles. The lowest BCUT2D eigenvalue weighted by molar-refractivity contribution is 0.0604. The van der Waals surface area contributed by atoms with Gasteiger partial charge in [0.25, 0.3) is 15.0 Å². The topological polar surface area (TPSA) is 302 Å². The minimum absolute atomic E-state index is 0. The Morgan fingerprint density at radius 1 is 0.516 bits per heavy atom. The molecule has 0 spiro atoms. The van der Waals surface area contributed by atoms with Crippen molar-refractivity contribution >= 4 is 163 Å². The largest absolute Gasteiger partial charge is 0.478 e. The Balaban J connectivity index is 0.000000202. The molecule has 35 heteroatoms. The Bertz CT molecular complexity index is 5670. The summed E-state index contributed by atoms with van der Waals surface area (Å²) in [4.78, 5) is 51.8. The molecule has 0 saturated carbocycles. The normalized spacial score (nSPS) is 20.2. The van der Waals surface area contributed by atoms with Gasteiger partial charge in [-0.05, 0) is 305 Å². The average Bonchev–Trinajstić information content (AvgIpc) is 1.63. The van der Waals surface area contributed by atoms with Gasteiger partial charge < -0.3 is 35.3 Å². The Kier molecular flexibility index (Phi) is 33.7. The minimum atomic E-state index is -4.09. The number of likely N-dealkylation sites (tertiary alicyclic amines) is 1. The third kappa shape index (κ3) is 24.6. The summed E-state index contributed by atoms with van der Waals surface area (Å²) in [7, 11) is -6.82. The lowest BCUT2D eigenvalue weighted by atomic mass is 9.70. The van der Waals surface area contributed by atoms with E-state index in [1.165, 1.54) is 91.5 Å². The number of para-hydroxylation sites is 4. The number of nitrogens with zero attached hydrogens (tertiary/aromatic N) is 7. The molecular weight excluding hydrogens is 1820 g/mol.